The first-order valence-corrected chi connectivity index (χ1v) is 8.89. The highest BCUT2D eigenvalue weighted by Crippen LogP contribution is 2.18. The van der Waals surface area contributed by atoms with Crippen molar-refractivity contribution >= 4 is 16.0 Å². The Morgan fingerprint density at radius 3 is 2.72 bits per heavy atom. The summed E-state index contributed by atoms with van der Waals surface area (Å²) in [4.78, 5) is 11.7. The molecule has 0 aliphatic rings. The van der Waals surface area contributed by atoms with Gasteiger partial charge in [0.2, 0.25) is 10.0 Å². The molecule has 1 N–H and O–H groups in total. The average molecular weight is 363 g/mol. The quantitative estimate of drug-likeness (QED) is 0.741. The molecule has 2 aromatic rings. The molecule has 0 bridgehead atoms. The monoisotopic (exact) mass is 363 g/mol. The number of esters is 1. The summed E-state index contributed by atoms with van der Waals surface area (Å²) >= 11 is 0. The van der Waals surface area contributed by atoms with E-state index in [1.165, 1.54) is 13.8 Å². The van der Waals surface area contributed by atoms with E-state index < -0.39 is 16.0 Å². The highest BCUT2D eigenvalue weighted by molar-refractivity contribution is 7.89. The van der Waals surface area contributed by atoms with Gasteiger partial charge >= 0.3 is 5.97 Å². The van der Waals surface area contributed by atoms with Gasteiger partial charge in [-0.2, -0.15) is 5.26 Å². The average Bonchev–Trinajstić information content (AvgIpc) is 2.92. The van der Waals surface area contributed by atoms with Gasteiger partial charge in [-0.25, -0.2) is 13.1 Å². The molecule has 1 aromatic carbocycles. The number of aromatic nitrogens is 1. The molecule has 1 aromatic heterocycles. The standard InChI is InChI=1S/C16H17N3O5S/c1-11-16(12(2)24-19-11)25(21,22)18-8-7-15(20)23-10-14-6-4-3-5-13(14)9-17/h3-6,18H,7-8,10H2,1-2H3. The Bertz CT molecular complexity index is 893. The number of carbonyl (C=O) groups excluding carboxylic acids is 1. The molecule has 0 radical (unpaired) electrons. The van der Waals surface area contributed by atoms with Crippen LogP contribution in [0, 0.1) is 25.2 Å². The molecule has 8 nitrogen and oxygen atoms in total. The summed E-state index contributed by atoms with van der Waals surface area (Å²) in [5.74, 6) is -0.394. The summed E-state index contributed by atoms with van der Waals surface area (Å²) in [6.07, 6.45) is -0.142. The molecule has 0 saturated carbocycles. The van der Waals surface area contributed by atoms with Gasteiger partial charge in [-0.05, 0) is 19.9 Å². The second kappa shape index (κ2) is 7.92. The Morgan fingerprint density at radius 2 is 2.08 bits per heavy atom. The largest absolute Gasteiger partial charge is 0.461 e. The first-order valence-electron chi connectivity index (χ1n) is 7.41. The number of rotatable bonds is 7. The lowest BCUT2D eigenvalue weighted by Gasteiger charge is -2.08. The number of nitrogens with one attached hydrogen (secondary N) is 1. The molecule has 25 heavy (non-hydrogen) atoms. The number of ether oxygens (including phenoxy) is 1. The third kappa shape index (κ3) is 4.65. The Hall–Kier alpha value is -2.70. The summed E-state index contributed by atoms with van der Waals surface area (Å²) < 4.78 is 36.6. The van der Waals surface area contributed by atoms with E-state index >= 15 is 0 Å². The third-order valence-electron chi connectivity index (χ3n) is 3.38. The molecular formula is C16H17N3O5S. The van der Waals surface area contributed by atoms with Crippen molar-refractivity contribution in [1.29, 1.82) is 5.26 Å². The van der Waals surface area contributed by atoms with E-state index in [0.717, 1.165) is 0 Å². The third-order valence-corrected chi connectivity index (χ3v) is 5.09. The lowest BCUT2D eigenvalue weighted by atomic mass is 10.1. The zero-order valence-corrected chi connectivity index (χ0v) is 14.6. The number of benzene rings is 1. The Kier molecular flexibility index (Phi) is 5.90. The van der Waals surface area contributed by atoms with Gasteiger partial charge in [0, 0.05) is 12.1 Å². The van der Waals surface area contributed by atoms with E-state index in [0.29, 0.717) is 11.1 Å². The maximum atomic E-state index is 12.2. The van der Waals surface area contributed by atoms with Crippen LogP contribution in [0.25, 0.3) is 0 Å². The second-order valence-electron chi connectivity index (χ2n) is 5.23. The summed E-state index contributed by atoms with van der Waals surface area (Å²) in [6, 6.07) is 8.78. The zero-order valence-electron chi connectivity index (χ0n) is 13.8. The molecule has 132 valence electrons. The van der Waals surface area contributed by atoms with Gasteiger partial charge in [0.25, 0.3) is 0 Å². The normalized spacial score (nSPS) is 11.1. The first kappa shape index (κ1) is 18.6. The maximum Gasteiger partial charge on any atom is 0.307 e. The first-order chi connectivity index (χ1) is 11.8. The number of aryl methyl sites for hydroxylation is 2. The zero-order chi connectivity index (χ0) is 18.4. The minimum Gasteiger partial charge on any atom is -0.461 e. The Morgan fingerprint density at radius 1 is 1.36 bits per heavy atom. The highest BCUT2D eigenvalue weighted by atomic mass is 32.2. The van der Waals surface area contributed by atoms with Gasteiger partial charge in [0.15, 0.2) is 5.76 Å². The molecule has 0 aliphatic heterocycles. The predicted octanol–water partition coefficient (Wildman–Crippen LogP) is 1.57. The molecule has 2 rings (SSSR count). The van der Waals surface area contributed by atoms with Crippen LogP contribution in [0.3, 0.4) is 0 Å². The van der Waals surface area contributed by atoms with E-state index in [9.17, 15) is 13.2 Å². The molecule has 0 fully saturated rings. The van der Waals surface area contributed by atoms with Crippen molar-refractivity contribution in [1.82, 2.24) is 9.88 Å². The van der Waals surface area contributed by atoms with Crippen molar-refractivity contribution in [3.63, 3.8) is 0 Å². The Balaban J connectivity index is 1.86. The van der Waals surface area contributed by atoms with Crippen molar-refractivity contribution in [2.75, 3.05) is 6.54 Å². The van der Waals surface area contributed by atoms with Gasteiger partial charge < -0.3 is 9.26 Å². The number of hydrogen-bond donors (Lipinski definition) is 1. The molecule has 9 heteroatoms. The molecular weight excluding hydrogens is 346 g/mol. The predicted molar refractivity (Wildman–Crippen MR) is 86.7 cm³/mol. The number of nitrogens with zero attached hydrogens (tertiary/aromatic N) is 2. The van der Waals surface area contributed by atoms with Crippen LogP contribution < -0.4 is 4.72 Å². The lowest BCUT2D eigenvalue weighted by molar-refractivity contribution is -0.144. The van der Waals surface area contributed by atoms with Crippen LogP contribution in [0.1, 0.15) is 29.0 Å². The highest BCUT2D eigenvalue weighted by Gasteiger charge is 2.23. The number of nitriles is 1. The maximum absolute atomic E-state index is 12.2. The molecule has 1 heterocycles. The minimum atomic E-state index is -3.81. The molecule has 0 atom stereocenters. The molecule has 0 aliphatic carbocycles. The lowest BCUT2D eigenvalue weighted by Crippen LogP contribution is -2.27. The second-order valence-corrected chi connectivity index (χ2v) is 6.93. The smallest absolute Gasteiger partial charge is 0.307 e. The van der Waals surface area contributed by atoms with E-state index in [1.807, 2.05) is 6.07 Å². The van der Waals surface area contributed by atoms with Crippen molar-refractivity contribution in [2.24, 2.45) is 0 Å². The van der Waals surface area contributed by atoms with Crippen LogP contribution in [0.2, 0.25) is 0 Å². The van der Waals surface area contributed by atoms with Crippen LogP contribution in [0.15, 0.2) is 33.7 Å². The fourth-order valence-corrected chi connectivity index (χ4v) is 3.56. The van der Waals surface area contributed by atoms with Gasteiger partial charge in [-0.1, -0.05) is 23.4 Å². The van der Waals surface area contributed by atoms with Crippen molar-refractivity contribution in [3.05, 3.63) is 46.8 Å². The number of hydrogen-bond acceptors (Lipinski definition) is 7. The van der Waals surface area contributed by atoms with E-state index in [2.05, 4.69) is 9.88 Å². The molecule has 0 amide bonds. The SMILES string of the molecule is Cc1noc(C)c1S(=O)(=O)NCCC(=O)OCc1ccccc1C#N. The fourth-order valence-electron chi connectivity index (χ4n) is 2.20. The van der Waals surface area contributed by atoms with Crippen LogP contribution >= 0.6 is 0 Å². The van der Waals surface area contributed by atoms with E-state index in [-0.39, 0.29) is 35.9 Å². The van der Waals surface area contributed by atoms with Gasteiger partial charge in [-0.3, -0.25) is 4.79 Å². The topological polar surface area (TPSA) is 122 Å². The summed E-state index contributed by atoms with van der Waals surface area (Å²) in [6.45, 7) is 2.85. The molecule has 0 unspecified atom stereocenters. The van der Waals surface area contributed by atoms with Crippen LogP contribution in [-0.2, 0) is 26.2 Å². The van der Waals surface area contributed by atoms with Crippen LogP contribution in [0.5, 0.6) is 0 Å². The van der Waals surface area contributed by atoms with Crippen LogP contribution in [0.4, 0.5) is 0 Å². The van der Waals surface area contributed by atoms with E-state index in [4.69, 9.17) is 14.5 Å². The Labute approximate surface area is 145 Å². The fraction of sp³-hybridized carbons (Fsp3) is 0.312. The molecule has 0 saturated heterocycles. The summed E-state index contributed by atoms with van der Waals surface area (Å²) in [5, 5.41) is 12.6. The minimum absolute atomic E-state index is 0.0242. The van der Waals surface area contributed by atoms with Gasteiger partial charge in [-0.15, -0.1) is 0 Å². The molecule has 0 spiro atoms. The van der Waals surface area contributed by atoms with Crippen molar-refractivity contribution < 1.29 is 22.5 Å². The van der Waals surface area contributed by atoms with Crippen molar-refractivity contribution in [2.45, 2.75) is 31.8 Å². The van der Waals surface area contributed by atoms with Crippen molar-refractivity contribution in [3.8, 4) is 6.07 Å². The summed E-state index contributed by atoms with van der Waals surface area (Å²) in [5.41, 5.74) is 1.27. The summed E-state index contributed by atoms with van der Waals surface area (Å²) in [7, 11) is -3.81. The number of carbonyl (C=O) groups is 1. The van der Waals surface area contributed by atoms with E-state index in [1.54, 1.807) is 24.3 Å². The van der Waals surface area contributed by atoms with Gasteiger partial charge in [0.1, 0.15) is 17.2 Å². The van der Waals surface area contributed by atoms with Gasteiger partial charge in [0.05, 0.1) is 18.1 Å². The van der Waals surface area contributed by atoms with Crippen LogP contribution in [-0.4, -0.2) is 26.1 Å². The number of sulfonamides is 1.